The van der Waals surface area contributed by atoms with E-state index in [1.54, 1.807) is 45.7 Å². The highest BCUT2D eigenvalue weighted by Crippen LogP contribution is 2.39. The number of para-hydroxylation sites is 1. The van der Waals surface area contributed by atoms with Crippen LogP contribution in [0.15, 0.2) is 82.7 Å². The molecule has 8 nitrogen and oxygen atoms in total. The molecular formula is C35H34ClN3O5. The Bertz CT molecular complexity index is 1870. The normalized spacial score (nSPS) is 11.4. The number of fused-ring (bicyclic) bond motifs is 1. The number of ether oxygens (including phenoxy) is 4. The molecule has 0 aliphatic rings. The van der Waals surface area contributed by atoms with Crippen molar-refractivity contribution in [1.29, 1.82) is 0 Å². The minimum absolute atomic E-state index is 0.189. The second-order valence-electron chi connectivity index (χ2n) is 10.5. The standard InChI is InChI=1S/C35H34ClN3O5/c1-21(2)27-18-28(22(3)15-30(27)41-4)34-38-29-10-8-7-9-26(29)35(40)39(34)37-19-24-16-31(42-5)33(32(17-24)43-6)44-20-23-11-13-25(36)14-12-23/h7-19,21H,20H2,1-6H3. The molecule has 0 atom stereocenters. The molecule has 4 aromatic carbocycles. The maximum absolute atomic E-state index is 13.8. The Morgan fingerprint density at radius 3 is 2.20 bits per heavy atom. The summed E-state index contributed by atoms with van der Waals surface area (Å²) in [5.41, 5.74) is 4.58. The number of halogens is 1. The molecule has 0 saturated heterocycles. The molecule has 0 unspecified atom stereocenters. The molecular weight excluding hydrogens is 578 g/mol. The fraction of sp³-hybridized carbons (Fsp3) is 0.229. The van der Waals surface area contributed by atoms with Gasteiger partial charge in [-0.2, -0.15) is 9.78 Å². The van der Waals surface area contributed by atoms with E-state index in [0.717, 1.165) is 28.0 Å². The first kappa shape index (κ1) is 30.6. The molecule has 0 fully saturated rings. The van der Waals surface area contributed by atoms with Gasteiger partial charge in [-0.15, -0.1) is 0 Å². The van der Waals surface area contributed by atoms with Crippen LogP contribution in [0.2, 0.25) is 5.02 Å². The van der Waals surface area contributed by atoms with Gasteiger partial charge < -0.3 is 18.9 Å². The van der Waals surface area contributed by atoms with Gasteiger partial charge in [-0.05, 0) is 78.1 Å². The first-order chi connectivity index (χ1) is 21.2. The lowest BCUT2D eigenvalue weighted by Crippen LogP contribution is -2.20. The first-order valence-corrected chi connectivity index (χ1v) is 14.5. The molecule has 0 saturated carbocycles. The van der Waals surface area contributed by atoms with Gasteiger partial charge in [0, 0.05) is 16.1 Å². The maximum atomic E-state index is 13.8. The summed E-state index contributed by atoms with van der Waals surface area (Å²) >= 11 is 6.01. The molecule has 0 radical (unpaired) electrons. The number of aromatic nitrogens is 2. The van der Waals surface area contributed by atoms with Gasteiger partial charge >= 0.3 is 0 Å². The average Bonchev–Trinajstić information content (AvgIpc) is 3.03. The Balaban J connectivity index is 1.60. The molecule has 0 spiro atoms. The van der Waals surface area contributed by atoms with E-state index in [1.165, 1.54) is 4.68 Å². The number of hydrogen-bond donors (Lipinski definition) is 0. The van der Waals surface area contributed by atoms with E-state index in [2.05, 4.69) is 18.9 Å². The smallest absolute Gasteiger partial charge is 0.282 e. The highest BCUT2D eigenvalue weighted by atomic mass is 35.5. The lowest BCUT2D eigenvalue weighted by Gasteiger charge is -2.17. The summed E-state index contributed by atoms with van der Waals surface area (Å²) in [7, 11) is 4.77. The van der Waals surface area contributed by atoms with Crippen molar-refractivity contribution in [2.24, 2.45) is 5.10 Å². The van der Waals surface area contributed by atoms with Gasteiger partial charge in [0.05, 0.1) is 38.4 Å². The largest absolute Gasteiger partial charge is 0.496 e. The maximum Gasteiger partial charge on any atom is 0.282 e. The van der Waals surface area contributed by atoms with Gasteiger partial charge in [0.2, 0.25) is 5.75 Å². The predicted octanol–water partition coefficient (Wildman–Crippen LogP) is 7.64. The molecule has 0 aliphatic carbocycles. The zero-order valence-electron chi connectivity index (χ0n) is 25.6. The fourth-order valence-electron chi connectivity index (χ4n) is 4.95. The Morgan fingerprint density at radius 1 is 0.909 bits per heavy atom. The Morgan fingerprint density at radius 2 is 1.57 bits per heavy atom. The summed E-state index contributed by atoms with van der Waals surface area (Å²) in [5, 5.41) is 5.78. The molecule has 5 rings (SSSR count). The molecule has 5 aromatic rings. The highest BCUT2D eigenvalue weighted by Gasteiger charge is 2.19. The summed E-state index contributed by atoms with van der Waals surface area (Å²) in [5.74, 6) is 2.76. The van der Waals surface area contributed by atoms with Gasteiger partial charge in [0.1, 0.15) is 12.4 Å². The topological polar surface area (TPSA) is 84.2 Å². The Kier molecular flexibility index (Phi) is 9.20. The summed E-state index contributed by atoms with van der Waals surface area (Å²) in [6.45, 7) is 6.45. The van der Waals surface area contributed by atoms with Crippen molar-refractivity contribution in [3.63, 3.8) is 0 Å². The Labute approximate surface area is 261 Å². The minimum atomic E-state index is -0.287. The minimum Gasteiger partial charge on any atom is -0.496 e. The van der Waals surface area contributed by atoms with Crippen LogP contribution in [-0.2, 0) is 6.61 Å². The van der Waals surface area contributed by atoms with Crippen molar-refractivity contribution >= 4 is 28.7 Å². The zero-order chi connectivity index (χ0) is 31.4. The molecule has 1 aromatic heterocycles. The van der Waals surface area contributed by atoms with Crippen molar-refractivity contribution in [1.82, 2.24) is 9.66 Å². The van der Waals surface area contributed by atoms with Gasteiger partial charge in [-0.1, -0.05) is 49.7 Å². The number of methoxy groups -OCH3 is 3. The third-order valence-corrected chi connectivity index (χ3v) is 7.55. The number of nitrogens with zero attached hydrogens (tertiary/aromatic N) is 3. The van der Waals surface area contributed by atoms with E-state index < -0.39 is 0 Å². The van der Waals surface area contributed by atoms with Gasteiger partial charge in [0.25, 0.3) is 5.56 Å². The van der Waals surface area contributed by atoms with Crippen LogP contribution >= 0.6 is 11.6 Å². The van der Waals surface area contributed by atoms with E-state index in [1.807, 2.05) is 61.5 Å². The van der Waals surface area contributed by atoms with Crippen molar-refractivity contribution in [2.45, 2.75) is 33.3 Å². The Hall–Kier alpha value is -4.82. The molecule has 9 heteroatoms. The number of rotatable bonds is 10. The van der Waals surface area contributed by atoms with Crippen LogP contribution in [0.1, 0.15) is 42.0 Å². The third-order valence-electron chi connectivity index (χ3n) is 7.30. The monoisotopic (exact) mass is 611 g/mol. The third kappa shape index (κ3) is 6.26. The van der Waals surface area contributed by atoms with Crippen molar-refractivity contribution < 1.29 is 18.9 Å². The molecule has 0 aliphatic heterocycles. The van der Waals surface area contributed by atoms with Crippen LogP contribution in [0.25, 0.3) is 22.3 Å². The van der Waals surface area contributed by atoms with Crippen LogP contribution in [0, 0.1) is 6.92 Å². The second kappa shape index (κ2) is 13.2. The lowest BCUT2D eigenvalue weighted by molar-refractivity contribution is 0.266. The highest BCUT2D eigenvalue weighted by molar-refractivity contribution is 6.30. The van der Waals surface area contributed by atoms with E-state index >= 15 is 0 Å². The zero-order valence-corrected chi connectivity index (χ0v) is 26.3. The van der Waals surface area contributed by atoms with Crippen molar-refractivity contribution in [2.75, 3.05) is 21.3 Å². The van der Waals surface area contributed by atoms with Crippen LogP contribution in [0.4, 0.5) is 0 Å². The van der Waals surface area contributed by atoms with E-state index in [0.29, 0.717) is 51.2 Å². The number of aryl methyl sites for hydroxylation is 1. The summed E-state index contributed by atoms with van der Waals surface area (Å²) in [4.78, 5) is 18.8. The van der Waals surface area contributed by atoms with Crippen molar-refractivity contribution in [3.8, 4) is 34.4 Å². The molecule has 0 bridgehead atoms. The second-order valence-corrected chi connectivity index (χ2v) is 11.0. The molecule has 0 amide bonds. The number of hydrogen-bond acceptors (Lipinski definition) is 7. The fourth-order valence-corrected chi connectivity index (χ4v) is 5.08. The van der Waals surface area contributed by atoms with Crippen LogP contribution in [-0.4, -0.2) is 37.2 Å². The average molecular weight is 612 g/mol. The van der Waals surface area contributed by atoms with E-state index in [4.69, 9.17) is 35.5 Å². The molecule has 1 heterocycles. The molecule has 226 valence electrons. The van der Waals surface area contributed by atoms with Crippen LogP contribution in [0.5, 0.6) is 23.0 Å². The van der Waals surface area contributed by atoms with Crippen LogP contribution in [0.3, 0.4) is 0 Å². The lowest BCUT2D eigenvalue weighted by atomic mass is 9.96. The van der Waals surface area contributed by atoms with E-state index in [9.17, 15) is 4.79 Å². The van der Waals surface area contributed by atoms with Crippen molar-refractivity contribution in [3.05, 3.63) is 110 Å². The number of benzene rings is 4. The van der Waals surface area contributed by atoms with Gasteiger partial charge in [0.15, 0.2) is 17.3 Å². The quantitative estimate of drug-likeness (QED) is 0.151. The first-order valence-electron chi connectivity index (χ1n) is 14.1. The van der Waals surface area contributed by atoms with Gasteiger partial charge in [-0.25, -0.2) is 4.98 Å². The van der Waals surface area contributed by atoms with Gasteiger partial charge in [-0.3, -0.25) is 4.79 Å². The molecule has 0 N–H and O–H groups in total. The van der Waals surface area contributed by atoms with Crippen LogP contribution < -0.4 is 24.5 Å². The molecule has 44 heavy (non-hydrogen) atoms. The SMILES string of the molecule is COc1cc(C)c(-c2nc3ccccc3c(=O)n2N=Cc2cc(OC)c(OCc3ccc(Cl)cc3)c(OC)c2)cc1C(C)C. The summed E-state index contributed by atoms with van der Waals surface area (Å²) in [6, 6.07) is 22.2. The summed E-state index contributed by atoms with van der Waals surface area (Å²) in [6.07, 6.45) is 1.58. The summed E-state index contributed by atoms with van der Waals surface area (Å²) < 4.78 is 24.4. The predicted molar refractivity (Wildman–Crippen MR) is 175 cm³/mol. The van der Waals surface area contributed by atoms with E-state index in [-0.39, 0.29) is 11.5 Å².